The molecule has 7 heteroatoms. The second kappa shape index (κ2) is 12.0. The molecule has 3 rings (SSSR count). The van der Waals surface area contributed by atoms with Crippen LogP contribution in [-0.4, -0.2) is 29.9 Å². The molecule has 156 valence electrons. The second-order valence-corrected chi connectivity index (χ2v) is 7.35. The summed E-state index contributed by atoms with van der Waals surface area (Å²) in [4.78, 5) is 18.3. The van der Waals surface area contributed by atoms with Crippen molar-refractivity contribution in [1.82, 2.24) is 15.5 Å². The van der Waals surface area contributed by atoms with Crippen molar-refractivity contribution in [2.45, 2.75) is 39.4 Å². The summed E-state index contributed by atoms with van der Waals surface area (Å²) in [6, 6.07) is 16.1. The van der Waals surface area contributed by atoms with E-state index in [1.165, 1.54) is 11.1 Å². The molecule has 1 amide bonds. The lowest BCUT2D eigenvalue weighted by molar-refractivity contribution is -0.128. The van der Waals surface area contributed by atoms with Crippen molar-refractivity contribution in [2.75, 3.05) is 13.1 Å². The smallest absolute Gasteiger partial charge is 0.222 e. The van der Waals surface area contributed by atoms with Gasteiger partial charge in [0.25, 0.3) is 0 Å². The molecule has 1 aliphatic rings. The molecule has 0 spiro atoms. The number of amides is 1. The molecule has 1 fully saturated rings. The largest absolute Gasteiger partial charge is 0.357 e. The van der Waals surface area contributed by atoms with Gasteiger partial charge in [-0.05, 0) is 42.2 Å². The SMILES string of the molecule is CCNC(=NCc1ccc(Cl)cc1)NCc1ccc(CN2CCCC2=O)cc1.I. The van der Waals surface area contributed by atoms with Gasteiger partial charge in [-0.25, -0.2) is 4.99 Å². The molecular formula is C22H28ClIN4O. The number of nitrogens with zero attached hydrogens (tertiary/aromatic N) is 2. The predicted octanol–water partition coefficient (Wildman–Crippen LogP) is 4.34. The van der Waals surface area contributed by atoms with Crippen molar-refractivity contribution in [1.29, 1.82) is 0 Å². The van der Waals surface area contributed by atoms with Crippen LogP contribution in [0, 0.1) is 0 Å². The minimum atomic E-state index is 0. The van der Waals surface area contributed by atoms with Crippen molar-refractivity contribution in [2.24, 2.45) is 4.99 Å². The number of carbonyl (C=O) groups is 1. The van der Waals surface area contributed by atoms with E-state index in [2.05, 4.69) is 39.9 Å². The number of likely N-dealkylation sites (tertiary alicyclic amines) is 1. The number of carbonyl (C=O) groups excluding carboxylic acids is 1. The quantitative estimate of drug-likeness (QED) is 0.321. The molecule has 0 radical (unpaired) electrons. The van der Waals surface area contributed by atoms with Gasteiger partial charge in [0.15, 0.2) is 5.96 Å². The van der Waals surface area contributed by atoms with Crippen molar-refractivity contribution in [3.05, 3.63) is 70.2 Å². The Morgan fingerprint density at radius 3 is 2.31 bits per heavy atom. The van der Waals surface area contributed by atoms with Crippen LogP contribution in [0.2, 0.25) is 5.02 Å². The summed E-state index contributed by atoms with van der Waals surface area (Å²) >= 11 is 5.93. The Labute approximate surface area is 194 Å². The topological polar surface area (TPSA) is 56.7 Å². The number of aliphatic imine (C=N–C) groups is 1. The molecule has 1 saturated heterocycles. The Balaban J connectivity index is 0.00000300. The molecule has 0 unspecified atom stereocenters. The lowest BCUT2D eigenvalue weighted by atomic mass is 10.1. The highest BCUT2D eigenvalue weighted by Gasteiger charge is 2.19. The van der Waals surface area contributed by atoms with Crippen molar-refractivity contribution >= 4 is 47.4 Å². The standard InChI is InChI=1S/C22H27ClN4O.HI/c1-2-24-22(26-15-18-9-11-20(23)12-10-18)25-14-17-5-7-19(8-6-17)16-27-13-3-4-21(27)28;/h5-12H,2-4,13-16H2,1H3,(H2,24,25,26);1H. The number of guanidine groups is 1. The number of hydrogen-bond acceptors (Lipinski definition) is 2. The fourth-order valence-electron chi connectivity index (χ4n) is 3.14. The number of hydrogen-bond donors (Lipinski definition) is 2. The second-order valence-electron chi connectivity index (χ2n) is 6.91. The first kappa shape index (κ1) is 23.5. The Bertz CT molecular complexity index is 809. The maximum Gasteiger partial charge on any atom is 0.222 e. The van der Waals surface area contributed by atoms with Crippen molar-refractivity contribution in [3.63, 3.8) is 0 Å². The molecule has 0 aliphatic carbocycles. The van der Waals surface area contributed by atoms with Gasteiger partial charge in [-0.15, -0.1) is 24.0 Å². The fourth-order valence-corrected chi connectivity index (χ4v) is 3.27. The molecule has 5 nitrogen and oxygen atoms in total. The highest BCUT2D eigenvalue weighted by molar-refractivity contribution is 14.0. The van der Waals surface area contributed by atoms with Crippen molar-refractivity contribution in [3.8, 4) is 0 Å². The fraction of sp³-hybridized carbons (Fsp3) is 0.364. The molecule has 2 N–H and O–H groups in total. The van der Waals surface area contributed by atoms with Gasteiger partial charge in [-0.2, -0.15) is 0 Å². The monoisotopic (exact) mass is 526 g/mol. The lowest BCUT2D eigenvalue weighted by Gasteiger charge is -2.16. The summed E-state index contributed by atoms with van der Waals surface area (Å²) < 4.78 is 0. The molecule has 0 saturated carbocycles. The summed E-state index contributed by atoms with van der Waals surface area (Å²) in [6.45, 7) is 5.71. The third-order valence-corrected chi connectivity index (χ3v) is 4.96. The van der Waals surface area contributed by atoms with Gasteiger partial charge in [-0.3, -0.25) is 4.79 Å². The van der Waals surface area contributed by atoms with E-state index >= 15 is 0 Å². The minimum absolute atomic E-state index is 0. The van der Waals surface area contributed by atoms with E-state index in [1.54, 1.807) is 0 Å². The van der Waals surface area contributed by atoms with Gasteiger partial charge in [0.1, 0.15) is 0 Å². The zero-order valence-corrected chi connectivity index (χ0v) is 19.7. The van der Waals surface area contributed by atoms with Crippen LogP contribution in [0.4, 0.5) is 0 Å². The van der Waals surface area contributed by atoms with E-state index in [1.807, 2.05) is 36.1 Å². The van der Waals surface area contributed by atoms with Crippen LogP contribution in [0.25, 0.3) is 0 Å². The van der Waals surface area contributed by atoms with Crippen LogP contribution >= 0.6 is 35.6 Å². The molecule has 1 heterocycles. The lowest BCUT2D eigenvalue weighted by Crippen LogP contribution is -2.36. The van der Waals surface area contributed by atoms with Crippen LogP contribution in [0.3, 0.4) is 0 Å². The number of nitrogens with one attached hydrogen (secondary N) is 2. The summed E-state index contributed by atoms with van der Waals surface area (Å²) in [7, 11) is 0. The highest BCUT2D eigenvalue weighted by Crippen LogP contribution is 2.15. The van der Waals surface area contributed by atoms with Crippen LogP contribution in [0.15, 0.2) is 53.5 Å². The number of benzene rings is 2. The van der Waals surface area contributed by atoms with Crippen LogP contribution in [-0.2, 0) is 24.4 Å². The van der Waals surface area contributed by atoms with Gasteiger partial charge in [0, 0.05) is 37.6 Å². The van der Waals surface area contributed by atoms with E-state index < -0.39 is 0 Å². The zero-order valence-electron chi connectivity index (χ0n) is 16.7. The maximum atomic E-state index is 11.8. The predicted molar refractivity (Wildman–Crippen MR) is 130 cm³/mol. The van der Waals surface area contributed by atoms with Gasteiger partial charge in [0.2, 0.25) is 5.91 Å². The van der Waals surface area contributed by atoms with Crippen LogP contribution in [0.5, 0.6) is 0 Å². The Hall–Kier alpha value is -1.80. The summed E-state index contributed by atoms with van der Waals surface area (Å²) in [5.74, 6) is 1.04. The third-order valence-electron chi connectivity index (χ3n) is 4.70. The average molecular weight is 527 g/mol. The molecule has 0 atom stereocenters. The summed E-state index contributed by atoms with van der Waals surface area (Å²) in [6.07, 6.45) is 1.66. The molecular weight excluding hydrogens is 499 g/mol. The van der Waals surface area contributed by atoms with E-state index in [0.717, 1.165) is 36.1 Å². The van der Waals surface area contributed by atoms with Crippen LogP contribution < -0.4 is 10.6 Å². The normalized spacial score (nSPS) is 13.9. The Kier molecular flexibility index (Phi) is 9.73. The molecule has 0 aromatic heterocycles. The third kappa shape index (κ3) is 7.51. The zero-order chi connectivity index (χ0) is 19.8. The van der Waals surface area contributed by atoms with Crippen molar-refractivity contribution < 1.29 is 4.79 Å². The first-order valence-corrected chi connectivity index (χ1v) is 10.1. The average Bonchev–Trinajstić information content (AvgIpc) is 3.11. The molecule has 2 aromatic rings. The molecule has 2 aromatic carbocycles. The van der Waals surface area contributed by atoms with E-state index in [9.17, 15) is 4.79 Å². The Morgan fingerprint density at radius 2 is 1.69 bits per heavy atom. The van der Waals surface area contributed by atoms with Gasteiger partial charge in [0.05, 0.1) is 6.54 Å². The first-order valence-electron chi connectivity index (χ1n) is 9.76. The van der Waals surface area contributed by atoms with Gasteiger partial charge in [-0.1, -0.05) is 48.0 Å². The molecule has 29 heavy (non-hydrogen) atoms. The van der Waals surface area contributed by atoms with Gasteiger partial charge < -0.3 is 15.5 Å². The van der Waals surface area contributed by atoms with E-state index in [-0.39, 0.29) is 29.9 Å². The summed E-state index contributed by atoms with van der Waals surface area (Å²) in [5.41, 5.74) is 3.46. The molecule has 1 aliphatic heterocycles. The minimum Gasteiger partial charge on any atom is -0.357 e. The highest BCUT2D eigenvalue weighted by atomic mass is 127. The van der Waals surface area contributed by atoms with Gasteiger partial charge >= 0.3 is 0 Å². The number of rotatable bonds is 7. The van der Waals surface area contributed by atoms with E-state index in [0.29, 0.717) is 26.1 Å². The summed E-state index contributed by atoms with van der Waals surface area (Å²) in [5, 5.41) is 7.37. The van der Waals surface area contributed by atoms with E-state index in [4.69, 9.17) is 11.6 Å². The molecule has 0 bridgehead atoms. The first-order chi connectivity index (χ1) is 13.6. The maximum absolute atomic E-state index is 11.8. The number of halogens is 2. The van der Waals surface area contributed by atoms with Crippen LogP contribution in [0.1, 0.15) is 36.5 Å². The Morgan fingerprint density at radius 1 is 1.03 bits per heavy atom.